The van der Waals surface area contributed by atoms with Gasteiger partial charge in [0.15, 0.2) is 0 Å². The molecule has 2 N–H and O–H groups in total. The van der Waals surface area contributed by atoms with E-state index in [0.29, 0.717) is 5.95 Å². The Balaban J connectivity index is 1.51. The number of fused-ring (bicyclic) bond motifs is 3. The topological polar surface area (TPSA) is 58.0 Å². The van der Waals surface area contributed by atoms with Gasteiger partial charge in [-0.2, -0.15) is 0 Å². The van der Waals surface area contributed by atoms with E-state index < -0.39 is 0 Å². The zero-order valence-corrected chi connectivity index (χ0v) is 16.6. The molecule has 1 aromatic carbocycles. The smallest absolute Gasteiger partial charge is 0.227 e. The largest absolute Gasteiger partial charge is 0.325 e. The minimum Gasteiger partial charge on any atom is -0.325 e. The first-order valence-electron chi connectivity index (χ1n) is 8.51. The van der Waals surface area contributed by atoms with Crippen LogP contribution in [0.15, 0.2) is 58.9 Å². The maximum atomic E-state index is 9.24. The van der Waals surface area contributed by atoms with Crippen molar-refractivity contribution in [2.45, 2.75) is 17.7 Å². The third-order valence-electron chi connectivity index (χ3n) is 4.51. The molecule has 0 aliphatic heterocycles. The van der Waals surface area contributed by atoms with E-state index in [2.05, 4.69) is 33.9 Å². The summed E-state index contributed by atoms with van der Waals surface area (Å²) in [4.78, 5) is 14.1. The van der Waals surface area contributed by atoms with Gasteiger partial charge in [-0.1, -0.05) is 12.1 Å². The zero-order chi connectivity index (χ0) is 18.2. The summed E-state index contributed by atoms with van der Waals surface area (Å²) in [6, 6.07) is 14.1. The summed E-state index contributed by atoms with van der Waals surface area (Å²) in [5.74, 6) is 0.575. The van der Waals surface area contributed by atoms with Gasteiger partial charge in [0.05, 0.1) is 5.69 Å². The normalized spacial score (nSPS) is 12.5. The summed E-state index contributed by atoms with van der Waals surface area (Å²) in [5.41, 5.74) is 4.31. The number of hydrogen-bond donors (Lipinski definition) is 2. The van der Waals surface area contributed by atoms with Crippen molar-refractivity contribution in [3.8, 4) is 21.0 Å². The van der Waals surface area contributed by atoms with Gasteiger partial charge < -0.3 is 9.87 Å². The number of rotatable bonds is 4. The number of aryl methyl sites for hydroxylation is 2. The van der Waals surface area contributed by atoms with Crippen molar-refractivity contribution in [2.75, 3.05) is 5.32 Å². The first kappa shape index (κ1) is 16.9. The van der Waals surface area contributed by atoms with Crippen LogP contribution in [0.5, 0.6) is 0 Å². The monoisotopic (exact) mass is 409 g/mol. The quantitative estimate of drug-likeness (QED) is 0.385. The fourth-order valence-corrected chi connectivity index (χ4v) is 5.55. The average molecular weight is 410 g/mol. The first-order valence-corrected chi connectivity index (χ1v) is 11.0. The molecule has 4 nitrogen and oxygen atoms in total. The van der Waals surface area contributed by atoms with Crippen molar-refractivity contribution in [2.24, 2.45) is 0 Å². The lowest BCUT2D eigenvalue weighted by Gasteiger charge is -2.16. The Morgan fingerprint density at radius 1 is 1.07 bits per heavy atom. The van der Waals surface area contributed by atoms with Crippen molar-refractivity contribution >= 4 is 46.4 Å². The number of anilines is 2. The average Bonchev–Trinajstić information content (AvgIpc) is 3.37. The van der Waals surface area contributed by atoms with Gasteiger partial charge in [-0.05, 0) is 54.1 Å². The van der Waals surface area contributed by atoms with Gasteiger partial charge in [0.1, 0.15) is 0 Å². The van der Waals surface area contributed by atoms with E-state index in [-0.39, 0.29) is 0 Å². The molecule has 0 unspecified atom stereocenters. The molecule has 4 aromatic rings. The highest BCUT2D eigenvalue weighted by atomic mass is 32.2. The van der Waals surface area contributed by atoms with Crippen LogP contribution in [0.4, 0.5) is 11.6 Å². The summed E-state index contributed by atoms with van der Waals surface area (Å²) >= 11 is 4.37. The van der Waals surface area contributed by atoms with Gasteiger partial charge in [0.2, 0.25) is 5.95 Å². The van der Waals surface area contributed by atoms with E-state index in [4.69, 9.17) is 4.98 Å². The minimum atomic E-state index is 0.575. The highest BCUT2D eigenvalue weighted by molar-refractivity contribution is 7.93. The number of nitrogens with zero attached hydrogens (tertiary/aromatic N) is 2. The third kappa shape index (κ3) is 3.27. The number of nitrogens with one attached hydrogen (secondary N) is 1. The van der Waals surface area contributed by atoms with Crippen LogP contribution in [0.1, 0.15) is 10.4 Å². The van der Waals surface area contributed by atoms with Crippen molar-refractivity contribution in [3.63, 3.8) is 0 Å². The molecule has 0 radical (unpaired) electrons. The molecule has 0 bridgehead atoms. The van der Waals surface area contributed by atoms with Crippen molar-refractivity contribution in [3.05, 3.63) is 64.5 Å². The molecule has 0 fully saturated rings. The van der Waals surface area contributed by atoms with Crippen LogP contribution in [-0.2, 0) is 12.8 Å². The first-order chi connectivity index (χ1) is 13.3. The zero-order valence-electron chi connectivity index (χ0n) is 14.2. The summed E-state index contributed by atoms with van der Waals surface area (Å²) in [7, 11) is 0. The van der Waals surface area contributed by atoms with E-state index in [9.17, 15) is 4.55 Å². The molecule has 3 heterocycles. The molecule has 27 heavy (non-hydrogen) atoms. The van der Waals surface area contributed by atoms with Crippen molar-refractivity contribution in [1.82, 2.24) is 9.97 Å². The standard InChI is InChI=1S/C20H15N3OS3/c24-27-14-4-1-3-13(9-14)22-20-21-11-12-6-7-16-15(19(12)23-20)10-18(26-16)17-5-2-8-25-17/h1-5,8-11,24H,6-7H2,(H,21,22,23). The lowest BCUT2D eigenvalue weighted by Crippen LogP contribution is -2.06. The molecule has 0 spiro atoms. The molecule has 1 aliphatic rings. The van der Waals surface area contributed by atoms with Crippen LogP contribution in [0, 0.1) is 0 Å². The predicted octanol–water partition coefficient (Wildman–Crippen LogP) is 6.34. The molecular formula is C20H15N3OS3. The summed E-state index contributed by atoms with van der Waals surface area (Å²) in [5, 5.41) is 5.37. The van der Waals surface area contributed by atoms with Gasteiger partial charge in [0.25, 0.3) is 0 Å². The fourth-order valence-electron chi connectivity index (χ4n) is 3.25. The number of thiophene rings is 2. The predicted molar refractivity (Wildman–Crippen MR) is 114 cm³/mol. The molecule has 0 saturated heterocycles. The third-order valence-corrected chi connectivity index (χ3v) is 7.23. The van der Waals surface area contributed by atoms with E-state index in [1.807, 2.05) is 41.8 Å². The minimum absolute atomic E-state index is 0.575. The number of aromatic nitrogens is 2. The number of hydrogen-bond acceptors (Lipinski definition) is 7. The summed E-state index contributed by atoms with van der Waals surface area (Å²) in [6.45, 7) is 0. The Hall–Kier alpha value is -2.19. The van der Waals surface area contributed by atoms with E-state index >= 15 is 0 Å². The van der Waals surface area contributed by atoms with Crippen molar-refractivity contribution in [1.29, 1.82) is 0 Å². The number of benzene rings is 1. The van der Waals surface area contributed by atoms with E-state index in [1.165, 1.54) is 25.8 Å². The molecule has 0 amide bonds. The van der Waals surface area contributed by atoms with Gasteiger partial charge in [-0.25, -0.2) is 9.97 Å². The van der Waals surface area contributed by atoms with Gasteiger partial charge in [0, 0.05) is 49.0 Å². The Kier molecular flexibility index (Phi) is 4.45. The highest BCUT2D eigenvalue weighted by Crippen LogP contribution is 2.42. The molecular weight excluding hydrogens is 394 g/mol. The Bertz CT molecular complexity index is 1110. The lowest BCUT2D eigenvalue weighted by molar-refractivity contribution is 0.664. The second kappa shape index (κ2) is 7.09. The second-order valence-corrected chi connectivity index (χ2v) is 8.97. The van der Waals surface area contributed by atoms with Gasteiger partial charge >= 0.3 is 0 Å². The Morgan fingerprint density at radius 3 is 2.89 bits per heavy atom. The maximum absolute atomic E-state index is 9.24. The van der Waals surface area contributed by atoms with Crippen LogP contribution in [-0.4, -0.2) is 14.5 Å². The van der Waals surface area contributed by atoms with Crippen LogP contribution in [0.25, 0.3) is 21.0 Å². The maximum Gasteiger partial charge on any atom is 0.227 e. The molecule has 5 rings (SSSR count). The van der Waals surface area contributed by atoms with Crippen LogP contribution in [0.3, 0.4) is 0 Å². The van der Waals surface area contributed by atoms with Crippen LogP contribution >= 0.6 is 34.7 Å². The Morgan fingerprint density at radius 2 is 2.04 bits per heavy atom. The lowest BCUT2D eigenvalue weighted by atomic mass is 9.96. The van der Waals surface area contributed by atoms with Crippen LogP contribution in [0.2, 0.25) is 0 Å². The fraction of sp³-hybridized carbons (Fsp3) is 0.100. The summed E-state index contributed by atoms with van der Waals surface area (Å²) in [6.07, 6.45) is 3.95. The molecule has 0 atom stereocenters. The van der Waals surface area contributed by atoms with Gasteiger partial charge in [-0.15, -0.1) is 22.7 Å². The summed E-state index contributed by atoms with van der Waals surface area (Å²) < 4.78 is 9.24. The molecule has 3 aromatic heterocycles. The molecule has 1 aliphatic carbocycles. The highest BCUT2D eigenvalue weighted by Gasteiger charge is 2.22. The second-order valence-electron chi connectivity index (χ2n) is 6.24. The van der Waals surface area contributed by atoms with Crippen molar-refractivity contribution < 1.29 is 4.55 Å². The van der Waals surface area contributed by atoms with E-state index in [0.717, 1.165) is 41.2 Å². The molecule has 134 valence electrons. The van der Waals surface area contributed by atoms with Gasteiger partial charge in [-0.3, -0.25) is 0 Å². The molecule has 7 heteroatoms. The van der Waals surface area contributed by atoms with Crippen LogP contribution < -0.4 is 5.32 Å². The molecule has 0 saturated carbocycles. The Labute approximate surface area is 169 Å². The SMILES string of the molecule is OSc1cccc(Nc2ncc3c(n2)-c2cc(-c4cccs4)sc2CC3)c1. The van der Waals surface area contributed by atoms with E-state index in [1.54, 1.807) is 11.3 Å².